The van der Waals surface area contributed by atoms with E-state index >= 15 is 0 Å². The van der Waals surface area contributed by atoms with Gasteiger partial charge in [0.05, 0.1) is 11.4 Å². The number of rotatable bonds is 4. The number of halogens is 1. The summed E-state index contributed by atoms with van der Waals surface area (Å²) in [5.41, 5.74) is 2.69. The molecule has 0 atom stereocenters. The van der Waals surface area contributed by atoms with E-state index < -0.39 is 15.6 Å². The van der Waals surface area contributed by atoms with E-state index in [-0.39, 0.29) is 4.90 Å². The third kappa shape index (κ3) is 4.27. The Hall–Kier alpha value is -1.67. The lowest BCUT2D eigenvalue weighted by atomic mass is 10.1. The fourth-order valence-electron chi connectivity index (χ4n) is 2.75. The van der Waals surface area contributed by atoms with Crippen molar-refractivity contribution in [1.29, 1.82) is 0 Å². The van der Waals surface area contributed by atoms with Gasteiger partial charge >= 0.3 is 0 Å². The second kappa shape index (κ2) is 7.05. The summed E-state index contributed by atoms with van der Waals surface area (Å²) in [6.07, 6.45) is 0. The van der Waals surface area contributed by atoms with Crippen molar-refractivity contribution in [2.75, 3.05) is 0 Å². The molecule has 27 heavy (non-hydrogen) atoms. The van der Waals surface area contributed by atoms with Gasteiger partial charge in [0.15, 0.2) is 0 Å². The molecule has 0 bridgehead atoms. The number of thiazole rings is 1. The first-order valence-electron chi connectivity index (χ1n) is 8.40. The number of sulfonamides is 1. The molecule has 0 amide bonds. The van der Waals surface area contributed by atoms with Gasteiger partial charge in [0.2, 0.25) is 10.0 Å². The third-order valence-corrected chi connectivity index (χ3v) is 7.07. The second-order valence-corrected chi connectivity index (χ2v) is 10.4. The number of hydrogen-bond acceptors (Lipinski definition) is 4. The Morgan fingerprint density at radius 3 is 2.41 bits per heavy atom. The molecule has 1 N–H and O–H groups in total. The highest BCUT2D eigenvalue weighted by Crippen LogP contribution is 2.33. The molecule has 2 heterocycles. The Labute approximate surface area is 169 Å². The van der Waals surface area contributed by atoms with Gasteiger partial charge in [-0.25, -0.2) is 18.1 Å². The topological polar surface area (TPSA) is 64.0 Å². The monoisotopic (exact) mass is 423 g/mol. The van der Waals surface area contributed by atoms with Crippen LogP contribution in [0.3, 0.4) is 0 Å². The van der Waals surface area contributed by atoms with Crippen molar-refractivity contribution < 1.29 is 8.42 Å². The number of nitrogens with one attached hydrogen (secondary N) is 1. The molecule has 0 fully saturated rings. The molecule has 0 saturated carbocycles. The predicted octanol–water partition coefficient (Wildman–Crippen LogP) is 4.85. The van der Waals surface area contributed by atoms with Gasteiger partial charge in [0.1, 0.15) is 9.90 Å². The summed E-state index contributed by atoms with van der Waals surface area (Å²) in [6.45, 7) is 7.27. The average molecular weight is 424 g/mol. The van der Waals surface area contributed by atoms with Gasteiger partial charge in [-0.05, 0) is 45.9 Å². The first-order valence-corrected chi connectivity index (χ1v) is 11.1. The highest BCUT2D eigenvalue weighted by atomic mass is 35.5. The molecular weight excluding hydrogens is 402 g/mol. The first kappa shape index (κ1) is 20.1. The van der Waals surface area contributed by atoms with E-state index in [1.165, 1.54) is 11.3 Å². The average Bonchev–Trinajstić information content (AvgIpc) is 3.12. The molecule has 3 aromatic rings. The van der Waals surface area contributed by atoms with Crippen LogP contribution >= 0.6 is 22.9 Å². The Bertz CT molecular complexity index is 1080. The van der Waals surface area contributed by atoms with E-state index in [1.807, 2.05) is 62.0 Å². The zero-order valence-corrected chi connectivity index (χ0v) is 18.3. The van der Waals surface area contributed by atoms with Crippen LogP contribution in [0.15, 0.2) is 40.6 Å². The minimum atomic E-state index is -3.62. The van der Waals surface area contributed by atoms with Crippen molar-refractivity contribution in [2.45, 2.75) is 38.1 Å². The van der Waals surface area contributed by atoms with Gasteiger partial charge < -0.3 is 4.57 Å². The van der Waals surface area contributed by atoms with Crippen molar-refractivity contribution in [3.05, 3.63) is 46.4 Å². The fourth-order valence-corrected chi connectivity index (χ4v) is 5.47. The SMILES string of the molecule is Cc1c(S(=O)(=O)NC(C)(C)C)cc(-c2nc(-c3ccc(Cl)cc3)cs2)n1C. The number of hydrogen-bond donors (Lipinski definition) is 1. The Kier molecular flexibility index (Phi) is 5.24. The van der Waals surface area contributed by atoms with Gasteiger partial charge in [-0.2, -0.15) is 0 Å². The zero-order chi connectivity index (χ0) is 20.0. The first-order chi connectivity index (χ1) is 12.5. The van der Waals surface area contributed by atoms with Crippen LogP contribution in [-0.4, -0.2) is 23.5 Å². The van der Waals surface area contributed by atoms with E-state index in [0.29, 0.717) is 10.7 Å². The molecule has 0 aliphatic rings. The summed E-state index contributed by atoms with van der Waals surface area (Å²) in [4.78, 5) is 4.97. The largest absolute Gasteiger partial charge is 0.345 e. The maximum Gasteiger partial charge on any atom is 0.242 e. The van der Waals surface area contributed by atoms with Crippen LogP contribution in [0.25, 0.3) is 22.0 Å². The van der Waals surface area contributed by atoms with Crippen LogP contribution in [0, 0.1) is 6.92 Å². The zero-order valence-electron chi connectivity index (χ0n) is 15.9. The van der Waals surface area contributed by atoms with Crippen LogP contribution in [0.1, 0.15) is 26.5 Å². The molecule has 0 spiro atoms. The molecule has 2 aromatic heterocycles. The van der Waals surface area contributed by atoms with E-state index in [9.17, 15) is 8.42 Å². The highest BCUT2D eigenvalue weighted by Gasteiger charge is 2.27. The van der Waals surface area contributed by atoms with E-state index in [0.717, 1.165) is 22.0 Å². The van der Waals surface area contributed by atoms with E-state index in [1.54, 1.807) is 13.0 Å². The summed E-state index contributed by atoms with van der Waals surface area (Å²) in [5, 5.41) is 3.40. The van der Waals surface area contributed by atoms with Crippen molar-refractivity contribution in [1.82, 2.24) is 14.3 Å². The molecule has 8 heteroatoms. The minimum Gasteiger partial charge on any atom is -0.345 e. The third-order valence-electron chi connectivity index (χ3n) is 4.08. The number of benzene rings is 1. The number of aromatic nitrogens is 2. The van der Waals surface area contributed by atoms with Gasteiger partial charge in [-0.3, -0.25) is 0 Å². The summed E-state index contributed by atoms with van der Waals surface area (Å²) >= 11 is 7.43. The normalized spacial score (nSPS) is 12.5. The summed E-state index contributed by atoms with van der Waals surface area (Å²) in [7, 11) is -1.77. The van der Waals surface area contributed by atoms with Gasteiger partial charge in [-0.1, -0.05) is 23.7 Å². The lowest BCUT2D eigenvalue weighted by Crippen LogP contribution is -2.40. The molecular formula is C19H22ClN3O2S2. The lowest BCUT2D eigenvalue weighted by Gasteiger charge is -2.20. The molecule has 1 aromatic carbocycles. The Morgan fingerprint density at radius 2 is 1.81 bits per heavy atom. The van der Waals surface area contributed by atoms with Crippen molar-refractivity contribution in [3.63, 3.8) is 0 Å². The minimum absolute atomic E-state index is 0.276. The van der Waals surface area contributed by atoms with Crippen LogP contribution in [0.5, 0.6) is 0 Å². The molecule has 3 rings (SSSR count). The van der Waals surface area contributed by atoms with Gasteiger partial charge in [-0.15, -0.1) is 11.3 Å². The molecule has 0 aliphatic heterocycles. The van der Waals surface area contributed by atoms with E-state index in [4.69, 9.17) is 16.6 Å². The smallest absolute Gasteiger partial charge is 0.242 e. The quantitative estimate of drug-likeness (QED) is 0.652. The van der Waals surface area contributed by atoms with Crippen molar-refractivity contribution in [3.8, 4) is 22.0 Å². The van der Waals surface area contributed by atoms with E-state index in [2.05, 4.69) is 4.72 Å². The maximum atomic E-state index is 12.8. The van der Waals surface area contributed by atoms with Crippen molar-refractivity contribution in [2.24, 2.45) is 7.05 Å². The van der Waals surface area contributed by atoms with Gasteiger partial charge in [0, 0.05) is 34.2 Å². The van der Waals surface area contributed by atoms with Crippen molar-refractivity contribution >= 4 is 33.0 Å². The molecule has 144 valence electrons. The predicted molar refractivity (Wildman–Crippen MR) is 112 cm³/mol. The Balaban J connectivity index is 2.01. The van der Waals surface area contributed by atoms with Crippen LogP contribution in [0.4, 0.5) is 0 Å². The molecule has 5 nitrogen and oxygen atoms in total. The molecule has 0 unspecified atom stereocenters. The van der Waals surface area contributed by atoms with Crippen LogP contribution in [-0.2, 0) is 17.1 Å². The van der Waals surface area contributed by atoms with Crippen LogP contribution in [0.2, 0.25) is 5.02 Å². The lowest BCUT2D eigenvalue weighted by molar-refractivity contribution is 0.491. The molecule has 0 saturated heterocycles. The summed E-state index contributed by atoms with van der Waals surface area (Å²) in [6, 6.07) is 9.17. The van der Waals surface area contributed by atoms with Gasteiger partial charge in [0.25, 0.3) is 0 Å². The summed E-state index contributed by atoms with van der Waals surface area (Å²) < 4.78 is 30.1. The maximum absolute atomic E-state index is 12.8. The Morgan fingerprint density at radius 1 is 1.19 bits per heavy atom. The fraction of sp³-hybridized carbons (Fsp3) is 0.316. The second-order valence-electron chi connectivity index (χ2n) is 7.44. The summed E-state index contributed by atoms with van der Waals surface area (Å²) in [5.74, 6) is 0. The van der Waals surface area contributed by atoms with Crippen LogP contribution < -0.4 is 4.72 Å². The molecule has 0 aliphatic carbocycles. The highest BCUT2D eigenvalue weighted by molar-refractivity contribution is 7.89. The molecule has 0 radical (unpaired) electrons. The standard InChI is InChI=1S/C19H22ClN3O2S2/c1-12-17(27(24,25)22-19(2,3)4)10-16(23(12)5)18-21-15(11-26-18)13-6-8-14(20)9-7-13/h6-11,22H,1-5H3. The number of nitrogens with zero attached hydrogens (tertiary/aromatic N) is 2.